The Labute approximate surface area is 141 Å². The summed E-state index contributed by atoms with van der Waals surface area (Å²) in [6.07, 6.45) is 3.73. The van der Waals surface area contributed by atoms with Gasteiger partial charge in [0.1, 0.15) is 0 Å². The summed E-state index contributed by atoms with van der Waals surface area (Å²) in [7, 11) is 1.73. The van der Waals surface area contributed by atoms with Gasteiger partial charge in [0.25, 0.3) is 0 Å². The Morgan fingerprint density at radius 3 is 2.39 bits per heavy atom. The second-order valence-corrected chi connectivity index (χ2v) is 7.32. The van der Waals surface area contributed by atoms with Gasteiger partial charge in [0.2, 0.25) is 5.91 Å². The van der Waals surface area contributed by atoms with Crippen LogP contribution in [0, 0.1) is 5.92 Å². The van der Waals surface area contributed by atoms with Crippen LogP contribution < -0.4 is 16.0 Å². The Morgan fingerprint density at radius 1 is 1.22 bits per heavy atom. The topological polar surface area (TPSA) is 68.8 Å². The minimum absolute atomic E-state index is 0.0209. The Morgan fingerprint density at radius 2 is 1.87 bits per heavy atom. The third-order valence-corrected chi connectivity index (χ3v) is 4.15. The number of likely N-dealkylation sites (tertiary alicyclic amines) is 1. The van der Waals surface area contributed by atoms with Gasteiger partial charge in [-0.2, -0.15) is 0 Å². The molecule has 0 atom stereocenters. The second-order valence-electron chi connectivity index (χ2n) is 7.32. The average Bonchev–Trinajstić information content (AvgIpc) is 2.49. The van der Waals surface area contributed by atoms with E-state index in [1.807, 2.05) is 20.8 Å². The molecule has 134 valence electrons. The molecule has 0 radical (unpaired) electrons. The summed E-state index contributed by atoms with van der Waals surface area (Å²) < 4.78 is 0. The van der Waals surface area contributed by atoms with Crippen molar-refractivity contribution >= 4 is 11.9 Å². The molecule has 1 heterocycles. The second kappa shape index (κ2) is 9.75. The number of carbonyl (C=O) groups is 1. The average molecular weight is 326 g/mol. The van der Waals surface area contributed by atoms with E-state index in [4.69, 9.17) is 0 Å². The summed E-state index contributed by atoms with van der Waals surface area (Å²) in [5.41, 5.74) is -0.205. The summed E-state index contributed by atoms with van der Waals surface area (Å²) in [4.78, 5) is 18.5. The summed E-state index contributed by atoms with van der Waals surface area (Å²) in [5, 5.41) is 9.30. The van der Waals surface area contributed by atoms with Crippen LogP contribution >= 0.6 is 0 Å². The third kappa shape index (κ3) is 8.79. The van der Waals surface area contributed by atoms with Crippen molar-refractivity contribution in [3.05, 3.63) is 0 Å². The molecule has 6 nitrogen and oxygen atoms in total. The van der Waals surface area contributed by atoms with Gasteiger partial charge in [-0.1, -0.05) is 6.92 Å². The number of guanidine groups is 1. The van der Waals surface area contributed by atoms with Crippen molar-refractivity contribution in [2.45, 2.75) is 52.5 Å². The molecule has 23 heavy (non-hydrogen) atoms. The molecule has 0 aromatic carbocycles. The maximum atomic E-state index is 11.8. The van der Waals surface area contributed by atoms with Crippen LogP contribution in [-0.2, 0) is 4.79 Å². The van der Waals surface area contributed by atoms with Crippen molar-refractivity contribution < 1.29 is 4.79 Å². The molecule has 1 aliphatic rings. The lowest BCUT2D eigenvalue weighted by molar-refractivity contribution is -0.121. The van der Waals surface area contributed by atoms with Gasteiger partial charge in [-0.25, -0.2) is 0 Å². The molecule has 0 aromatic rings. The lowest BCUT2D eigenvalue weighted by Gasteiger charge is -2.31. The van der Waals surface area contributed by atoms with Crippen molar-refractivity contribution in [3.63, 3.8) is 0 Å². The molecular formula is C17H35N5O. The summed E-state index contributed by atoms with van der Waals surface area (Å²) >= 11 is 0. The first-order chi connectivity index (χ1) is 10.8. The molecular weight excluding hydrogens is 290 g/mol. The molecule has 0 saturated carbocycles. The highest BCUT2D eigenvalue weighted by Gasteiger charge is 2.18. The van der Waals surface area contributed by atoms with Gasteiger partial charge < -0.3 is 20.9 Å². The Kier molecular flexibility index (Phi) is 8.37. The first-order valence-corrected chi connectivity index (χ1v) is 8.82. The Bertz CT molecular complexity index is 381. The quantitative estimate of drug-likeness (QED) is 0.507. The number of nitrogens with one attached hydrogen (secondary N) is 3. The van der Waals surface area contributed by atoms with Gasteiger partial charge >= 0.3 is 0 Å². The van der Waals surface area contributed by atoms with Gasteiger partial charge in [-0.05, 0) is 65.6 Å². The Hall–Kier alpha value is -1.30. The molecule has 0 bridgehead atoms. The van der Waals surface area contributed by atoms with E-state index in [-0.39, 0.29) is 18.0 Å². The van der Waals surface area contributed by atoms with Crippen molar-refractivity contribution in [1.29, 1.82) is 0 Å². The fraction of sp³-hybridized carbons (Fsp3) is 0.882. The van der Waals surface area contributed by atoms with Crippen LogP contribution in [-0.4, -0.2) is 62.1 Å². The van der Waals surface area contributed by atoms with Gasteiger partial charge in [0, 0.05) is 19.1 Å². The van der Waals surface area contributed by atoms with E-state index in [9.17, 15) is 4.79 Å². The van der Waals surface area contributed by atoms with Crippen molar-refractivity contribution in [1.82, 2.24) is 20.9 Å². The van der Waals surface area contributed by atoms with Gasteiger partial charge in [0.05, 0.1) is 6.54 Å². The van der Waals surface area contributed by atoms with Crippen LogP contribution in [0.15, 0.2) is 4.99 Å². The van der Waals surface area contributed by atoms with E-state index in [2.05, 4.69) is 32.8 Å². The number of hydrogen-bond donors (Lipinski definition) is 3. The minimum Gasteiger partial charge on any atom is -0.356 e. The summed E-state index contributed by atoms with van der Waals surface area (Å²) in [6, 6.07) is 0. The van der Waals surface area contributed by atoms with E-state index in [0.717, 1.165) is 25.4 Å². The van der Waals surface area contributed by atoms with E-state index in [1.54, 1.807) is 7.05 Å². The molecule has 0 aliphatic carbocycles. The largest absolute Gasteiger partial charge is 0.356 e. The van der Waals surface area contributed by atoms with Gasteiger partial charge in [-0.15, -0.1) is 0 Å². The number of aliphatic imine (C=N–C) groups is 1. The SMILES string of the molecule is CCN1CCC(CCNC(=NC)NCC(=O)NC(C)(C)C)CC1. The number of hydrogen-bond acceptors (Lipinski definition) is 3. The first kappa shape index (κ1) is 19.7. The van der Waals surface area contributed by atoms with Gasteiger partial charge in [-0.3, -0.25) is 9.79 Å². The molecule has 1 fully saturated rings. The first-order valence-electron chi connectivity index (χ1n) is 8.82. The zero-order valence-corrected chi connectivity index (χ0v) is 15.5. The fourth-order valence-corrected chi connectivity index (χ4v) is 2.83. The maximum Gasteiger partial charge on any atom is 0.239 e. The predicted octanol–water partition coefficient (Wildman–Crippen LogP) is 1.19. The molecule has 1 amide bonds. The highest BCUT2D eigenvalue weighted by molar-refractivity contribution is 5.86. The van der Waals surface area contributed by atoms with Crippen molar-refractivity contribution in [2.24, 2.45) is 10.9 Å². The number of amides is 1. The molecule has 0 spiro atoms. The van der Waals surface area contributed by atoms with Crippen LogP contribution in [0.25, 0.3) is 0 Å². The van der Waals surface area contributed by atoms with Crippen LogP contribution in [0.4, 0.5) is 0 Å². The third-order valence-electron chi connectivity index (χ3n) is 4.15. The molecule has 3 N–H and O–H groups in total. The van der Waals surface area contributed by atoms with Crippen molar-refractivity contribution in [2.75, 3.05) is 39.8 Å². The number of rotatable bonds is 6. The molecule has 0 aromatic heterocycles. The number of carbonyl (C=O) groups excluding carboxylic acids is 1. The standard InChI is InChI=1S/C17H35N5O/c1-6-22-11-8-14(9-12-22)7-10-19-16(18-5)20-13-15(23)21-17(2,3)4/h14H,6-13H2,1-5H3,(H,21,23)(H2,18,19,20). The molecule has 6 heteroatoms. The van der Waals surface area contributed by atoms with E-state index < -0.39 is 0 Å². The normalized spacial score (nSPS) is 17.9. The molecule has 1 rings (SSSR count). The molecule has 1 aliphatic heterocycles. The smallest absolute Gasteiger partial charge is 0.239 e. The highest BCUT2D eigenvalue weighted by Crippen LogP contribution is 2.19. The van der Waals surface area contributed by atoms with E-state index >= 15 is 0 Å². The van der Waals surface area contributed by atoms with Crippen LogP contribution in [0.2, 0.25) is 0 Å². The summed E-state index contributed by atoms with van der Waals surface area (Å²) in [6.45, 7) is 12.9. The molecule has 0 unspecified atom stereocenters. The monoisotopic (exact) mass is 325 g/mol. The minimum atomic E-state index is -0.205. The summed E-state index contributed by atoms with van der Waals surface area (Å²) in [5.74, 6) is 1.47. The van der Waals surface area contributed by atoms with E-state index in [0.29, 0.717) is 5.96 Å². The predicted molar refractivity (Wildman–Crippen MR) is 96.7 cm³/mol. The zero-order chi connectivity index (χ0) is 17.3. The van der Waals surface area contributed by atoms with Crippen LogP contribution in [0.3, 0.4) is 0 Å². The van der Waals surface area contributed by atoms with Gasteiger partial charge in [0.15, 0.2) is 5.96 Å². The van der Waals surface area contributed by atoms with E-state index in [1.165, 1.54) is 25.9 Å². The zero-order valence-electron chi connectivity index (χ0n) is 15.5. The maximum absolute atomic E-state index is 11.8. The number of nitrogens with zero attached hydrogens (tertiary/aromatic N) is 2. The fourth-order valence-electron chi connectivity index (χ4n) is 2.83. The van der Waals surface area contributed by atoms with Crippen molar-refractivity contribution in [3.8, 4) is 0 Å². The van der Waals surface area contributed by atoms with Crippen LogP contribution in [0.1, 0.15) is 47.0 Å². The Balaban J connectivity index is 2.18. The molecule has 1 saturated heterocycles. The van der Waals surface area contributed by atoms with Crippen LogP contribution in [0.5, 0.6) is 0 Å². The number of piperidine rings is 1. The lowest BCUT2D eigenvalue weighted by Crippen LogP contribution is -2.48. The lowest BCUT2D eigenvalue weighted by atomic mass is 9.93. The highest BCUT2D eigenvalue weighted by atomic mass is 16.2.